The fraction of sp³-hybridized carbons (Fsp3) is 0.118. The molecule has 0 unspecified atom stereocenters. The van der Waals surface area contributed by atoms with Gasteiger partial charge in [-0.1, -0.05) is 17.4 Å². The molecule has 4 rings (SSSR count). The predicted octanol–water partition coefficient (Wildman–Crippen LogP) is 4.49. The van der Waals surface area contributed by atoms with Crippen LogP contribution < -0.4 is 10.1 Å². The minimum Gasteiger partial charge on any atom is -0.495 e. The van der Waals surface area contributed by atoms with Crippen molar-refractivity contribution in [2.45, 2.75) is 0 Å². The number of imidazole rings is 1. The normalized spacial score (nSPS) is 10.9. The topological polar surface area (TPSA) is 56.3 Å². The van der Waals surface area contributed by atoms with Gasteiger partial charge in [0, 0.05) is 7.05 Å². The molecule has 0 aliphatic heterocycles. The van der Waals surface area contributed by atoms with Gasteiger partial charge in [0.2, 0.25) is 0 Å². The number of nitrogens with zero attached hydrogens (tertiary/aromatic N) is 4. The Kier molecular flexibility index (Phi) is 3.32. The lowest BCUT2D eigenvalue weighted by atomic mass is 10.2. The van der Waals surface area contributed by atoms with E-state index in [-0.39, 0.29) is 0 Å². The molecule has 6 nitrogen and oxygen atoms in total. The summed E-state index contributed by atoms with van der Waals surface area (Å²) in [5, 5.41) is 4.00. The molecule has 2 aromatic carbocycles. The summed E-state index contributed by atoms with van der Waals surface area (Å²) in [6.07, 6.45) is 1.79. The molecule has 0 atom stereocenters. The highest BCUT2D eigenvalue weighted by Crippen LogP contribution is 2.36. The van der Waals surface area contributed by atoms with Crippen LogP contribution in [0.5, 0.6) is 5.75 Å². The van der Waals surface area contributed by atoms with Crippen LogP contribution in [0.4, 0.5) is 16.5 Å². The van der Waals surface area contributed by atoms with Crippen LogP contribution in [0.15, 0.2) is 36.7 Å². The molecule has 0 spiro atoms. The van der Waals surface area contributed by atoms with Gasteiger partial charge < -0.3 is 14.6 Å². The van der Waals surface area contributed by atoms with Crippen molar-refractivity contribution < 1.29 is 4.74 Å². The van der Waals surface area contributed by atoms with E-state index in [4.69, 9.17) is 11.3 Å². The second-order valence-electron chi connectivity index (χ2n) is 5.28. The molecule has 0 aliphatic carbocycles. The highest BCUT2D eigenvalue weighted by atomic mass is 32.1. The van der Waals surface area contributed by atoms with Gasteiger partial charge in [0.15, 0.2) is 10.8 Å². The summed E-state index contributed by atoms with van der Waals surface area (Å²) in [5.74, 6) is 0.671. The second-order valence-corrected chi connectivity index (χ2v) is 6.31. The second kappa shape index (κ2) is 5.51. The van der Waals surface area contributed by atoms with Crippen LogP contribution in [0, 0.1) is 6.57 Å². The Balaban J connectivity index is 1.81. The number of hydrogen-bond donors (Lipinski definition) is 1. The highest BCUT2D eigenvalue weighted by molar-refractivity contribution is 7.22. The van der Waals surface area contributed by atoms with Crippen molar-refractivity contribution in [2.24, 2.45) is 7.05 Å². The molecular weight excluding hydrogens is 322 g/mol. The molecular formula is C17H13N5OS. The number of benzene rings is 2. The van der Waals surface area contributed by atoms with Crippen LogP contribution in [0.1, 0.15) is 0 Å². The molecule has 24 heavy (non-hydrogen) atoms. The van der Waals surface area contributed by atoms with E-state index in [1.807, 2.05) is 17.7 Å². The number of aromatic nitrogens is 3. The van der Waals surface area contributed by atoms with Crippen molar-refractivity contribution in [3.63, 3.8) is 0 Å². The molecule has 0 amide bonds. The Labute approximate surface area is 142 Å². The number of thiazole rings is 1. The van der Waals surface area contributed by atoms with Gasteiger partial charge in [-0.25, -0.2) is 14.8 Å². The molecule has 118 valence electrons. The first-order valence-electron chi connectivity index (χ1n) is 7.22. The van der Waals surface area contributed by atoms with E-state index in [1.165, 1.54) is 0 Å². The van der Waals surface area contributed by atoms with Crippen molar-refractivity contribution in [1.29, 1.82) is 0 Å². The molecule has 4 aromatic rings. The lowest BCUT2D eigenvalue weighted by Crippen LogP contribution is -1.93. The third-order valence-corrected chi connectivity index (χ3v) is 4.74. The van der Waals surface area contributed by atoms with Crippen LogP contribution in [0.2, 0.25) is 0 Å². The third-order valence-electron chi connectivity index (χ3n) is 3.81. The van der Waals surface area contributed by atoms with E-state index in [2.05, 4.69) is 26.2 Å². The minimum atomic E-state index is 0.548. The van der Waals surface area contributed by atoms with Gasteiger partial charge in [-0.3, -0.25) is 0 Å². The SMILES string of the molecule is [C-]#[N+]c1ccc(OC)c(Nc2nc3c(ccc4c3ncn4C)s2)c1. The Morgan fingerprint density at radius 1 is 1.25 bits per heavy atom. The summed E-state index contributed by atoms with van der Waals surface area (Å²) in [5.41, 5.74) is 4.09. The summed E-state index contributed by atoms with van der Waals surface area (Å²) in [7, 11) is 3.57. The first kappa shape index (κ1) is 14.5. The Hall–Kier alpha value is -3.11. The quantitative estimate of drug-likeness (QED) is 0.561. The number of fused-ring (bicyclic) bond motifs is 3. The number of rotatable bonds is 3. The molecule has 0 radical (unpaired) electrons. The monoisotopic (exact) mass is 335 g/mol. The van der Waals surface area contributed by atoms with E-state index >= 15 is 0 Å². The van der Waals surface area contributed by atoms with Crippen LogP contribution in [-0.4, -0.2) is 21.6 Å². The smallest absolute Gasteiger partial charge is 0.189 e. The zero-order valence-electron chi connectivity index (χ0n) is 13.1. The van der Waals surface area contributed by atoms with Crippen LogP contribution in [-0.2, 0) is 7.05 Å². The molecule has 2 heterocycles. The van der Waals surface area contributed by atoms with E-state index in [0.29, 0.717) is 11.4 Å². The molecule has 0 fully saturated rings. The molecule has 7 heteroatoms. The molecule has 1 N–H and O–H groups in total. The maximum absolute atomic E-state index is 7.16. The highest BCUT2D eigenvalue weighted by Gasteiger charge is 2.12. The predicted molar refractivity (Wildman–Crippen MR) is 96.4 cm³/mol. The van der Waals surface area contributed by atoms with Crippen molar-refractivity contribution in [1.82, 2.24) is 14.5 Å². The zero-order valence-corrected chi connectivity index (χ0v) is 13.9. The van der Waals surface area contributed by atoms with E-state index in [1.54, 1.807) is 43.0 Å². The number of nitrogens with one attached hydrogen (secondary N) is 1. The summed E-state index contributed by atoms with van der Waals surface area (Å²) >= 11 is 1.54. The van der Waals surface area contributed by atoms with E-state index in [9.17, 15) is 0 Å². The lowest BCUT2D eigenvalue weighted by Gasteiger charge is -2.09. The Bertz CT molecular complexity index is 1110. The molecule has 2 aromatic heterocycles. The fourth-order valence-electron chi connectivity index (χ4n) is 2.62. The molecule has 0 saturated carbocycles. The number of ether oxygens (including phenoxy) is 1. The van der Waals surface area contributed by atoms with Gasteiger partial charge >= 0.3 is 0 Å². The first-order valence-corrected chi connectivity index (χ1v) is 8.04. The van der Waals surface area contributed by atoms with Gasteiger partial charge in [0.1, 0.15) is 16.8 Å². The zero-order chi connectivity index (χ0) is 16.7. The summed E-state index contributed by atoms with van der Waals surface area (Å²) in [4.78, 5) is 12.6. The summed E-state index contributed by atoms with van der Waals surface area (Å²) in [6, 6.07) is 9.36. The van der Waals surface area contributed by atoms with Gasteiger partial charge in [-0.2, -0.15) is 0 Å². The lowest BCUT2D eigenvalue weighted by molar-refractivity contribution is 0.417. The van der Waals surface area contributed by atoms with Gasteiger partial charge in [0.25, 0.3) is 0 Å². The van der Waals surface area contributed by atoms with E-state index in [0.717, 1.165) is 32.1 Å². The van der Waals surface area contributed by atoms with Crippen LogP contribution in [0.3, 0.4) is 0 Å². The standard InChI is InChI=1S/C17H13N5OS/c1-18-10-4-6-13(23-3)11(8-10)20-17-21-16-14(24-17)7-5-12-15(16)19-9-22(12)2/h4-9H,2-3H3,(H,20,21). The minimum absolute atomic E-state index is 0.548. The third kappa shape index (κ3) is 2.25. The summed E-state index contributed by atoms with van der Waals surface area (Å²) < 4.78 is 8.40. The van der Waals surface area contributed by atoms with Crippen molar-refractivity contribution in [3.8, 4) is 5.75 Å². The maximum Gasteiger partial charge on any atom is 0.189 e. The first-order chi connectivity index (χ1) is 11.7. The number of methoxy groups -OCH3 is 1. The van der Waals surface area contributed by atoms with Crippen molar-refractivity contribution in [2.75, 3.05) is 12.4 Å². The largest absolute Gasteiger partial charge is 0.495 e. The Morgan fingerprint density at radius 3 is 2.92 bits per heavy atom. The van der Waals surface area contributed by atoms with Gasteiger partial charge in [0.05, 0.1) is 35.9 Å². The van der Waals surface area contributed by atoms with Gasteiger partial charge in [-0.15, -0.1) is 0 Å². The average molecular weight is 335 g/mol. The van der Waals surface area contributed by atoms with Crippen molar-refractivity contribution >= 4 is 49.1 Å². The maximum atomic E-state index is 7.16. The van der Waals surface area contributed by atoms with Crippen LogP contribution >= 0.6 is 11.3 Å². The average Bonchev–Trinajstić information content (AvgIpc) is 3.17. The van der Waals surface area contributed by atoms with Crippen LogP contribution in [0.25, 0.3) is 26.1 Å². The summed E-state index contributed by atoms with van der Waals surface area (Å²) in [6.45, 7) is 7.16. The number of anilines is 2. The van der Waals surface area contributed by atoms with Crippen molar-refractivity contribution in [3.05, 3.63) is 48.1 Å². The molecule has 0 bridgehead atoms. The van der Waals surface area contributed by atoms with E-state index < -0.39 is 0 Å². The molecule has 0 aliphatic rings. The Morgan fingerprint density at radius 2 is 2.12 bits per heavy atom. The molecule has 0 saturated heterocycles. The fourth-order valence-corrected chi connectivity index (χ4v) is 3.50. The van der Waals surface area contributed by atoms with Gasteiger partial charge in [-0.05, 0) is 24.3 Å². The number of hydrogen-bond acceptors (Lipinski definition) is 5. The number of aryl methyl sites for hydroxylation is 1.